The largest absolute Gasteiger partial charge is 0.505 e. The molecule has 9 heteroatoms. The molecule has 1 aromatic heterocycles. The lowest BCUT2D eigenvalue weighted by molar-refractivity contribution is -0.168. The van der Waals surface area contributed by atoms with E-state index >= 15 is 0 Å². The number of hydrogen-bond donors (Lipinski definition) is 1. The van der Waals surface area contributed by atoms with Crippen LogP contribution in [0.3, 0.4) is 0 Å². The van der Waals surface area contributed by atoms with Crippen molar-refractivity contribution in [2.24, 2.45) is 0 Å². The SMILES string of the molecule is C=CC(=O)OC1CCCCC1OC(=O)CCc1cc(-n2nc3ccc(Cl)cc3n2)c(O)c(C(C)(C)C)c1. The van der Waals surface area contributed by atoms with Crippen LogP contribution in [0.25, 0.3) is 16.7 Å². The summed E-state index contributed by atoms with van der Waals surface area (Å²) in [6.07, 6.45) is 3.87. The fourth-order valence-electron chi connectivity index (χ4n) is 4.55. The molecule has 0 saturated heterocycles. The molecule has 1 N–H and O–H groups in total. The monoisotopic (exact) mass is 525 g/mol. The first-order chi connectivity index (χ1) is 17.5. The van der Waals surface area contributed by atoms with Crippen LogP contribution in [-0.2, 0) is 30.9 Å². The van der Waals surface area contributed by atoms with Crippen LogP contribution in [0.2, 0.25) is 5.02 Å². The first-order valence-electron chi connectivity index (χ1n) is 12.5. The van der Waals surface area contributed by atoms with Crippen molar-refractivity contribution in [3.8, 4) is 11.4 Å². The number of aromatic nitrogens is 3. The van der Waals surface area contributed by atoms with Crippen LogP contribution < -0.4 is 0 Å². The molecule has 2 aromatic carbocycles. The number of hydrogen-bond acceptors (Lipinski definition) is 7. The second-order valence-electron chi connectivity index (χ2n) is 10.4. The van der Waals surface area contributed by atoms with Crippen molar-refractivity contribution in [2.75, 3.05) is 0 Å². The Bertz CT molecular complexity index is 1330. The van der Waals surface area contributed by atoms with E-state index in [2.05, 4.69) is 16.8 Å². The van der Waals surface area contributed by atoms with Gasteiger partial charge in [0.2, 0.25) is 0 Å². The van der Waals surface area contributed by atoms with Crippen molar-refractivity contribution in [2.45, 2.75) is 76.9 Å². The summed E-state index contributed by atoms with van der Waals surface area (Å²) in [6, 6.07) is 8.91. The summed E-state index contributed by atoms with van der Waals surface area (Å²) in [5.41, 5.74) is 2.87. The van der Waals surface area contributed by atoms with Gasteiger partial charge >= 0.3 is 11.9 Å². The smallest absolute Gasteiger partial charge is 0.330 e. The van der Waals surface area contributed by atoms with E-state index in [4.69, 9.17) is 21.1 Å². The molecular formula is C28H32ClN3O5. The maximum atomic E-state index is 12.8. The van der Waals surface area contributed by atoms with E-state index in [1.54, 1.807) is 24.3 Å². The molecule has 4 rings (SSSR count). The van der Waals surface area contributed by atoms with Crippen molar-refractivity contribution >= 4 is 34.6 Å². The molecule has 1 saturated carbocycles. The second kappa shape index (κ2) is 10.9. The molecule has 0 radical (unpaired) electrons. The minimum Gasteiger partial charge on any atom is -0.505 e. The molecule has 1 aliphatic carbocycles. The standard InChI is InChI=1S/C28H32ClN3O5/c1-5-25(33)36-23-8-6-7-9-24(23)37-26(34)13-10-17-14-19(28(2,3)4)27(35)22(15-17)32-30-20-12-11-18(29)16-21(20)31-32/h5,11-12,14-16,23-24,35H,1,6-10,13H2,2-4H3. The summed E-state index contributed by atoms with van der Waals surface area (Å²) in [5.74, 6) is -0.795. The molecule has 37 heavy (non-hydrogen) atoms. The number of fused-ring (bicyclic) bond motifs is 1. The molecule has 196 valence electrons. The van der Waals surface area contributed by atoms with E-state index < -0.39 is 18.2 Å². The van der Waals surface area contributed by atoms with Crippen molar-refractivity contribution in [1.29, 1.82) is 0 Å². The van der Waals surface area contributed by atoms with E-state index in [0.29, 0.717) is 41.0 Å². The van der Waals surface area contributed by atoms with Gasteiger partial charge in [-0.15, -0.1) is 15.0 Å². The van der Waals surface area contributed by atoms with Crippen molar-refractivity contribution in [3.63, 3.8) is 0 Å². The van der Waals surface area contributed by atoms with Crippen molar-refractivity contribution < 1.29 is 24.2 Å². The molecule has 0 amide bonds. The Hall–Kier alpha value is -3.39. The number of rotatable bonds is 7. The summed E-state index contributed by atoms with van der Waals surface area (Å²) < 4.78 is 11.1. The number of ether oxygens (including phenoxy) is 2. The molecule has 2 unspecified atom stereocenters. The average molecular weight is 526 g/mol. The molecule has 1 fully saturated rings. The normalized spacial score (nSPS) is 17.9. The zero-order chi connectivity index (χ0) is 26.7. The molecule has 3 aromatic rings. The third-order valence-electron chi connectivity index (χ3n) is 6.49. The van der Waals surface area contributed by atoms with Gasteiger partial charge in [-0.3, -0.25) is 4.79 Å². The molecule has 8 nitrogen and oxygen atoms in total. The molecule has 2 atom stereocenters. The van der Waals surface area contributed by atoms with Crippen LogP contribution in [0.1, 0.15) is 64.0 Å². The van der Waals surface area contributed by atoms with Gasteiger partial charge < -0.3 is 14.6 Å². The number of carbonyl (C=O) groups is 2. The Morgan fingerprint density at radius 2 is 1.78 bits per heavy atom. The van der Waals surface area contributed by atoms with Gasteiger partial charge in [-0.25, -0.2) is 4.79 Å². The van der Waals surface area contributed by atoms with Crippen molar-refractivity contribution in [3.05, 3.63) is 59.1 Å². The lowest BCUT2D eigenvalue weighted by atomic mass is 9.84. The Morgan fingerprint density at radius 3 is 2.46 bits per heavy atom. The Balaban J connectivity index is 1.55. The lowest BCUT2D eigenvalue weighted by Crippen LogP contribution is -2.37. The quantitative estimate of drug-likeness (QED) is 0.316. The van der Waals surface area contributed by atoms with Gasteiger partial charge in [0.25, 0.3) is 0 Å². The van der Waals surface area contributed by atoms with E-state index in [1.807, 2.05) is 26.8 Å². The molecule has 1 heterocycles. The van der Waals surface area contributed by atoms with Crippen LogP contribution in [0, 0.1) is 0 Å². The lowest BCUT2D eigenvalue weighted by Gasteiger charge is -2.30. The summed E-state index contributed by atoms with van der Waals surface area (Å²) in [5, 5.41) is 20.7. The summed E-state index contributed by atoms with van der Waals surface area (Å²) in [7, 11) is 0. The van der Waals surface area contributed by atoms with Crippen molar-refractivity contribution in [1.82, 2.24) is 15.0 Å². The molecule has 0 spiro atoms. The van der Waals surface area contributed by atoms with Crippen LogP contribution in [0.15, 0.2) is 43.0 Å². The Morgan fingerprint density at radius 1 is 1.11 bits per heavy atom. The third kappa shape index (κ3) is 6.31. The highest BCUT2D eigenvalue weighted by atomic mass is 35.5. The predicted octanol–water partition coefficient (Wildman–Crippen LogP) is 5.59. The number of halogens is 1. The van der Waals surface area contributed by atoms with E-state index in [-0.39, 0.29) is 23.6 Å². The number of benzene rings is 2. The fourth-order valence-corrected chi connectivity index (χ4v) is 4.71. The number of aromatic hydroxyl groups is 1. The summed E-state index contributed by atoms with van der Waals surface area (Å²) in [4.78, 5) is 25.8. The summed E-state index contributed by atoms with van der Waals surface area (Å²) in [6.45, 7) is 9.45. The first-order valence-corrected chi connectivity index (χ1v) is 12.8. The maximum absolute atomic E-state index is 12.8. The highest BCUT2D eigenvalue weighted by molar-refractivity contribution is 6.31. The van der Waals surface area contributed by atoms with Gasteiger partial charge in [-0.05, 0) is 67.3 Å². The van der Waals surface area contributed by atoms with Gasteiger partial charge in [0.1, 0.15) is 34.7 Å². The number of phenols is 1. The van der Waals surface area contributed by atoms with Crippen LogP contribution >= 0.6 is 11.6 Å². The van der Waals surface area contributed by atoms with Gasteiger partial charge in [0, 0.05) is 23.1 Å². The summed E-state index contributed by atoms with van der Waals surface area (Å²) >= 11 is 6.10. The third-order valence-corrected chi connectivity index (χ3v) is 6.73. The predicted molar refractivity (Wildman–Crippen MR) is 141 cm³/mol. The second-order valence-corrected chi connectivity index (χ2v) is 10.8. The van der Waals surface area contributed by atoms with E-state index in [9.17, 15) is 14.7 Å². The fraction of sp³-hybridized carbons (Fsp3) is 0.429. The Kier molecular flexibility index (Phi) is 7.87. The van der Waals surface area contributed by atoms with E-state index in [1.165, 1.54) is 4.80 Å². The molecular weight excluding hydrogens is 494 g/mol. The van der Waals surface area contributed by atoms with Gasteiger partial charge in [-0.1, -0.05) is 45.0 Å². The number of nitrogens with zero attached hydrogens (tertiary/aromatic N) is 3. The minimum absolute atomic E-state index is 0.0827. The maximum Gasteiger partial charge on any atom is 0.330 e. The van der Waals surface area contributed by atoms with Gasteiger partial charge in [0.15, 0.2) is 0 Å². The van der Waals surface area contributed by atoms with Gasteiger partial charge in [-0.2, -0.15) is 0 Å². The molecule has 1 aliphatic rings. The minimum atomic E-state index is -0.513. The van der Waals surface area contributed by atoms with Crippen LogP contribution in [0.4, 0.5) is 0 Å². The van der Waals surface area contributed by atoms with Crippen LogP contribution in [0.5, 0.6) is 5.75 Å². The topological polar surface area (TPSA) is 104 Å². The van der Waals surface area contributed by atoms with E-state index in [0.717, 1.165) is 30.0 Å². The zero-order valence-corrected chi connectivity index (χ0v) is 22.1. The highest BCUT2D eigenvalue weighted by Crippen LogP contribution is 2.37. The zero-order valence-electron chi connectivity index (χ0n) is 21.4. The number of esters is 2. The average Bonchev–Trinajstić information content (AvgIpc) is 3.26. The highest BCUT2D eigenvalue weighted by Gasteiger charge is 2.31. The number of carbonyl (C=O) groups excluding carboxylic acids is 2. The number of phenolic OH excluding ortho intramolecular Hbond substituents is 1. The molecule has 0 aliphatic heterocycles. The Labute approximate surface area is 221 Å². The van der Waals surface area contributed by atoms with Gasteiger partial charge in [0.05, 0.1) is 0 Å². The first kappa shape index (κ1) is 26.7. The molecule has 0 bridgehead atoms. The number of aryl methyl sites for hydroxylation is 1. The van der Waals surface area contributed by atoms with Crippen LogP contribution in [-0.4, -0.2) is 44.2 Å².